The van der Waals surface area contributed by atoms with Gasteiger partial charge in [-0.1, -0.05) is 0 Å². The van der Waals surface area contributed by atoms with Gasteiger partial charge in [0.15, 0.2) is 0 Å². The number of carbonyl (C=O) groups is 1. The minimum absolute atomic E-state index is 0.222. The van der Waals surface area contributed by atoms with Gasteiger partial charge < -0.3 is 10.2 Å². The highest BCUT2D eigenvalue weighted by atomic mass is 16.2. The summed E-state index contributed by atoms with van der Waals surface area (Å²) in [6.07, 6.45) is 4.86. The minimum Gasteiger partial charge on any atom is -0.338 e. The maximum Gasteiger partial charge on any atom is 0.244 e. The monoisotopic (exact) mass is 234 g/mol. The molecule has 5 nitrogen and oxygen atoms in total. The van der Waals surface area contributed by atoms with Crippen molar-refractivity contribution in [2.45, 2.75) is 31.8 Å². The van der Waals surface area contributed by atoms with Crippen LogP contribution < -0.4 is 5.32 Å². The van der Waals surface area contributed by atoms with E-state index in [0.29, 0.717) is 12.6 Å². The van der Waals surface area contributed by atoms with Crippen LogP contribution >= 0.6 is 0 Å². The molecule has 1 N–H and O–H groups in total. The zero-order valence-corrected chi connectivity index (χ0v) is 9.93. The van der Waals surface area contributed by atoms with Crippen molar-refractivity contribution in [3.8, 4) is 0 Å². The van der Waals surface area contributed by atoms with Crippen molar-refractivity contribution in [2.75, 3.05) is 19.6 Å². The predicted octanol–water partition coefficient (Wildman–Crippen LogP) is 0.0198. The third kappa shape index (κ3) is 2.07. The zero-order chi connectivity index (χ0) is 11.7. The van der Waals surface area contributed by atoms with Gasteiger partial charge in [-0.25, -0.2) is 0 Å². The van der Waals surface area contributed by atoms with E-state index in [2.05, 4.69) is 15.3 Å². The fraction of sp³-hybridized carbons (Fsp3) is 0.667. The van der Waals surface area contributed by atoms with Crippen molar-refractivity contribution < 1.29 is 4.79 Å². The number of hydrogen-bond acceptors (Lipinski definition) is 3. The maximum absolute atomic E-state index is 12.2. The largest absolute Gasteiger partial charge is 0.338 e. The van der Waals surface area contributed by atoms with Gasteiger partial charge in [0.2, 0.25) is 5.91 Å². The van der Waals surface area contributed by atoms with Crippen LogP contribution in [-0.2, 0) is 17.8 Å². The zero-order valence-electron chi connectivity index (χ0n) is 9.93. The van der Waals surface area contributed by atoms with Crippen molar-refractivity contribution in [3.05, 3.63) is 18.0 Å². The van der Waals surface area contributed by atoms with Gasteiger partial charge in [0.05, 0.1) is 0 Å². The van der Waals surface area contributed by atoms with Gasteiger partial charge in [0.1, 0.15) is 6.54 Å². The Kier molecular flexibility index (Phi) is 2.84. The molecular weight excluding hydrogens is 216 g/mol. The Morgan fingerprint density at radius 2 is 2.18 bits per heavy atom. The Morgan fingerprint density at radius 1 is 1.35 bits per heavy atom. The number of hydrogen-bond donors (Lipinski definition) is 1. The summed E-state index contributed by atoms with van der Waals surface area (Å²) in [7, 11) is 0. The van der Waals surface area contributed by atoms with Crippen molar-refractivity contribution in [3.63, 3.8) is 0 Å². The van der Waals surface area contributed by atoms with E-state index in [1.165, 1.54) is 5.69 Å². The molecule has 0 atom stereocenters. The van der Waals surface area contributed by atoms with Gasteiger partial charge in [0.25, 0.3) is 0 Å². The SMILES string of the molecule is O=C1Cn2nccc2CCN1C1CCNCC1. The lowest BCUT2D eigenvalue weighted by atomic mass is 10.0. The molecule has 1 aromatic heterocycles. The lowest BCUT2D eigenvalue weighted by molar-refractivity contribution is -0.134. The Bertz CT molecular complexity index is 408. The Morgan fingerprint density at radius 3 is 3.00 bits per heavy atom. The third-order valence-corrected chi connectivity index (χ3v) is 3.77. The average molecular weight is 234 g/mol. The molecule has 92 valence electrons. The van der Waals surface area contributed by atoms with Crippen LogP contribution in [0.1, 0.15) is 18.5 Å². The van der Waals surface area contributed by atoms with Gasteiger partial charge in [-0.05, 0) is 32.0 Å². The first kappa shape index (κ1) is 10.8. The van der Waals surface area contributed by atoms with Gasteiger partial charge in [-0.3, -0.25) is 9.48 Å². The Labute approximate surface area is 101 Å². The summed E-state index contributed by atoms with van der Waals surface area (Å²) in [5.41, 5.74) is 1.18. The molecule has 1 saturated heterocycles. The highest BCUT2D eigenvalue weighted by Crippen LogP contribution is 2.16. The van der Waals surface area contributed by atoms with E-state index in [4.69, 9.17) is 0 Å². The smallest absolute Gasteiger partial charge is 0.244 e. The summed E-state index contributed by atoms with van der Waals surface area (Å²) in [6, 6.07) is 2.44. The second-order valence-corrected chi connectivity index (χ2v) is 4.80. The summed E-state index contributed by atoms with van der Waals surface area (Å²) in [4.78, 5) is 14.3. The summed E-state index contributed by atoms with van der Waals surface area (Å²) < 4.78 is 1.84. The molecule has 1 fully saturated rings. The van der Waals surface area contributed by atoms with Crippen LogP contribution in [0.4, 0.5) is 0 Å². The number of aromatic nitrogens is 2. The molecule has 0 saturated carbocycles. The molecule has 17 heavy (non-hydrogen) atoms. The van der Waals surface area contributed by atoms with Crippen molar-refractivity contribution >= 4 is 5.91 Å². The van der Waals surface area contributed by atoms with E-state index in [0.717, 1.165) is 38.9 Å². The average Bonchev–Trinajstić information content (AvgIpc) is 2.72. The lowest BCUT2D eigenvalue weighted by Crippen LogP contribution is -2.47. The first-order valence-corrected chi connectivity index (χ1v) is 6.35. The molecule has 3 rings (SSSR count). The van der Waals surface area contributed by atoms with Gasteiger partial charge in [-0.15, -0.1) is 0 Å². The second-order valence-electron chi connectivity index (χ2n) is 4.80. The van der Waals surface area contributed by atoms with Gasteiger partial charge >= 0.3 is 0 Å². The Hall–Kier alpha value is -1.36. The van der Waals surface area contributed by atoms with Crippen LogP contribution in [0.15, 0.2) is 12.3 Å². The maximum atomic E-state index is 12.2. The van der Waals surface area contributed by atoms with Crippen LogP contribution in [0.5, 0.6) is 0 Å². The van der Waals surface area contributed by atoms with Crippen molar-refractivity contribution in [1.29, 1.82) is 0 Å². The Balaban J connectivity index is 1.75. The highest BCUT2D eigenvalue weighted by Gasteiger charge is 2.27. The van der Waals surface area contributed by atoms with E-state index in [-0.39, 0.29) is 5.91 Å². The normalized spacial score (nSPS) is 22.4. The van der Waals surface area contributed by atoms with Crippen LogP contribution in [-0.4, -0.2) is 46.3 Å². The third-order valence-electron chi connectivity index (χ3n) is 3.77. The molecule has 1 amide bonds. The van der Waals surface area contributed by atoms with E-state index in [9.17, 15) is 4.79 Å². The summed E-state index contributed by atoms with van der Waals surface area (Å²) in [5.74, 6) is 0.222. The number of nitrogens with one attached hydrogen (secondary N) is 1. The molecule has 2 aliphatic heterocycles. The summed E-state index contributed by atoms with van der Waals surface area (Å²) in [5, 5.41) is 7.54. The number of nitrogens with zero attached hydrogens (tertiary/aromatic N) is 3. The molecule has 5 heteroatoms. The molecule has 0 aromatic carbocycles. The van der Waals surface area contributed by atoms with Crippen LogP contribution in [0.2, 0.25) is 0 Å². The first-order chi connectivity index (χ1) is 8.34. The highest BCUT2D eigenvalue weighted by molar-refractivity contribution is 5.76. The van der Waals surface area contributed by atoms with Crippen molar-refractivity contribution in [2.24, 2.45) is 0 Å². The van der Waals surface area contributed by atoms with E-state index in [1.807, 2.05) is 10.7 Å². The molecule has 0 unspecified atom stereocenters. The van der Waals surface area contributed by atoms with Gasteiger partial charge in [0, 0.05) is 30.9 Å². The van der Waals surface area contributed by atoms with Crippen molar-refractivity contribution in [1.82, 2.24) is 20.0 Å². The van der Waals surface area contributed by atoms with Crippen LogP contribution in [0.25, 0.3) is 0 Å². The molecular formula is C12H18N4O. The number of carbonyl (C=O) groups excluding carboxylic acids is 1. The molecule has 0 spiro atoms. The molecule has 0 aliphatic carbocycles. The number of fused-ring (bicyclic) bond motifs is 1. The van der Waals surface area contributed by atoms with Crippen LogP contribution in [0, 0.1) is 0 Å². The summed E-state index contributed by atoms with van der Waals surface area (Å²) in [6.45, 7) is 3.31. The topological polar surface area (TPSA) is 50.2 Å². The fourth-order valence-corrected chi connectivity index (χ4v) is 2.80. The lowest BCUT2D eigenvalue weighted by Gasteiger charge is -2.33. The van der Waals surface area contributed by atoms with E-state index < -0.39 is 0 Å². The second kappa shape index (κ2) is 4.49. The first-order valence-electron chi connectivity index (χ1n) is 6.35. The van der Waals surface area contributed by atoms with Gasteiger partial charge in [-0.2, -0.15) is 5.10 Å². The number of amides is 1. The minimum atomic E-state index is 0.222. The molecule has 1 aromatic rings. The standard InChI is InChI=1S/C12H18N4O/c17-12-9-16-11(3-7-14-16)4-8-15(12)10-1-5-13-6-2-10/h3,7,10,13H,1-2,4-6,8-9H2. The summed E-state index contributed by atoms with van der Waals surface area (Å²) >= 11 is 0. The quantitative estimate of drug-likeness (QED) is 0.745. The fourth-order valence-electron chi connectivity index (χ4n) is 2.80. The molecule has 2 aliphatic rings. The number of rotatable bonds is 1. The van der Waals surface area contributed by atoms with Crippen LogP contribution in [0.3, 0.4) is 0 Å². The molecule has 0 bridgehead atoms. The van der Waals surface area contributed by atoms with E-state index >= 15 is 0 Å². The molecule has 3 heterocycles. The molecule has 0 radical (unpaired) electrons. The number of piperidine rings is 1. The van der Waals surface area contributed by atoms with E-state index in [1.54, 1.807) is 6.20 Å². The predicted molar refractivity (Wildman–Crippen MR) is 63.5 cm³/mol.